The lowest BCUT2D eigenvalue weighted by Crippen LogP contribution is -1.93. The van der Waals surface area contributed by atoms with Gasteiger partial charge in [0.15, 0.2) is 0 Å². The van der Waals surface area contributed by atoms with E-state index in [1.807, 2.05) is 0 Å². The minimum atomic E-state index is 0.972. The van der Waals surface area contributed by atoms with Crippen LogP contribution in [0, 0.1) is 0 Å². The zero-order chi connectivity index (χ0) is 41.6. The van der Waals surface area contributed by atoms with Crippen LogP contribution in [0.15, 0.2) is 182 Å². The average Bonchev–Trinajstić information content (AvgIpc) is 3.85. The molecule has 0 N–H and O–H groups in total. The summed E-state index contributed by atoms with van der Waals surface area (Å²) in [5.41, 5.74) is 12.7. The van der Waals surface area contributed by atoms with Crippen LogP contribution in [0.4, 0.5) is 0 Å². The molecule has 61 heavy (non-hydrogen) atoms. The van der Waals surface area contributed by atoms with Gasteiger partial charge in [0.25, 0.3) is 0 Å². The van der Waals surface area contributed by atoms with E-state index in [2.05, 4.69) is 220 Å². The molecule has 8 aromatic carbocycles. The summed E-state index contributed by atoms with van der Waals surface area (Å²) in [6, 6.07) is 52.3. The predicted octanol–water partition coefficient (Wildman–Crippen LogP) is 15.2. The summed E-state index contributed by atoms with van der Waals surface area (Å²) in [5, 5.41) is 9.84. The molecule has 0 radical (unpaired) electrons. The number of nitrogens with zero attached hydrogens (tertiary/aromatic N) is 4. The van der Waals surface area contributed by atoms with Gasteiger partial charge in [-0.3, -0.25) is 0 Å². The van der Waals surface area contributed by atoms with E-state index in [-0.39, 0.29) is 0 Å². The number of aryl methyl sites for hydroxylation is 2. The van der Waals surface area contributed by atoms with E-state index in [4.69, 9.17) is 9.97 Å². The largest absolute Gasteiger partial charge is 0.327 e. The lowest BCUT2D eigenvalue weighted by atomic mass is 10.00. The van der Waals surface area contributed by atoms with Gasteiger partial charge in [-0.05, 0) is 64.1 Å². The summed E-state index contributed by atoms with van der Waals surface area (Å²) < 4.78 is 4.51. The fourth-order valence-electron chi connectivity index (χ4n) is 9.11. The highest BCUT2D eigenvalue weighted by atomic mass is 15.1. The maximum absolute atomic E-state index is 5.27. The Labute approximate surface area is 357 Å². The minimum absolute atomic E-state index is 0.972. The smallest absolute Gasteiger partial charge is 0.140 e. The molecule has 0 aliphatic heterocycles. The molecule has 4 nitrogen and oxygen atoms in total. The Morgan fingerprint density at radius 1 is 0.475 bits per heavy atom. The van der Waals surface area contributed by atoms with Gasteiger partial charge in [0, 0.05) is 46.8 Å². The van der Waals surface area contributed by atoms with E-state index in [0.717, 1.165) is 46.7 Å². The summed E-state index contributed by atoms with van der Waals surface area (Å²) in [6.07, 6.45) is 13.4. The van der Waals surface area contributed by atoms with Gasteiger partial charge in [0.05, 0.1) is 22.1 Å². The van der Waals surface area contributed by atoms with Crippen molar-refractivity contribution in [3.05, 3.63) is 193 Å². The summed E-state index contributed by atoms with van der Waals surface area (Å²) in [4.78, 5) is 10.5. The Bertz CT molecular complexity index is 3440. The maximum Gasteiger partial charge on any atom is 0.140 e. The van der Waals surface area contributed by atoms with Crippen molar-refractivity contribution in [3.63, 3.8) is 0 Å². The summed E-state index contributed by atoms with van der Waals surface area (Å²) in [5.74, 6) is 1.95. The normalized spacial score (nSPS) is 13.0. The van der Waals surface area contributed by atoms with Gasteiger partial charge in [-0.25, -0.2) is 9.97 Å². The molecule has 0 spiro atoms. The van der Waals surface area contributed by atoms with Gasteiger partial charge in [0.2, 0.25) is 0 Å². The van der Waals surface area contributed by atoms with E-state index < -0.39 is 0 Å². The van der Waals surface area contributed by atoms with Gasteiger partial charge >= 0.3 is 0 Å². The molecular weight excluding hydrogens is 741 g/mol. The van der Waals surface area contributed by atoms with Crippen LogP contribution < -0.4 is 0 Å². The molecule has 0 saturated carbocycles. The second kappa shape index (κ2) is 15.7. The first-order valence-electron chi connectivity index (χ1n) is 21.4. The quantitative estimate of drug-likeness (QED) is 0.108. The highest BCUT2D eigenvalue weighted by molar-refractivity contribution is 6.25. The van der Waals surface area contributed by atoms with E-state index >= 15 is 0 Å². The van der Waals surface area contributed by atoms with Crippen molar-refractivity contribution in [2.75, 3.05) is 0 Å². The van der Waals surface area contributed by atoms with Crippen molar-refractivity contribution in [2.45, 2.75) is 33.6 Å². The Morgan fingerprint density at radius 3 is 1.34 bits per heavy atom. The number of unbranched alkanes of at least 4 members (excludes halogenated alkanes) is 1. The van der Waals surface area contributed by atoms with E-state index in [9.17, 15) is 0 Å². The predicted molar refractivity (Wildman–Crippen MR) is 262 cm³/mol. The van der Waals surface area contributed by atoms with E-state index in [1.54, 1.807) is 0 Å². The first-order chi connectivity index (χ1) is 29.9. The summed E-state index contributed by atoms with van der Waals surface area (Å²) in [6.45, 7) is 6.58. The van der Waals surface area contributed by atoms with Crippen LogP contribution >= 0.6 is 0 Å². The molecule has 0 saturated heterocycles. The summed E-state index contributed by atoms with van der Waals surface area (Å²) in [7, 11) is 4.28. The van der Waals surface area contributed by atoms with Gasteiger partial charge in [-0.2, -0.15) is 0 Å². The topological polar surface area (TPSA) is 35.6 Å². The van der Waals surface area contributed by atoms with Crippen LogP contribution in [0.25, 0.3) is 99.1 Å². The first kappa shape index (κ1) is 37.9. The number of imidazole rings is 2. The number of fused-ring (bicyclic) bond motifs is 12. The molecule has 296 valence electrons. The van der Waals surface area contributed by atoms with Gasteiger partial charge < -0.3 is 9.13 Å². The van der Waals surface area contributed by atoms with Crippen LogP contribution in [-0.2, 0) is 14.1 Å². The maximum atomic E-state index is 5.27. The van der Waals surface area contributed by atoms with Crippen molar-refractivity contribution < 1.29 is 0 Å². The monoisotopic (exact) mass is 788 g/mol. The zero-order valence-corrected chi connectivity index (χ0v) is 35.4. The number of benzene rings is 8. The molecule has 0 atom stereocenters. The number of aromatic nitrogens is 4. The number of hydrogen-bond acceptors (Lipinski definition) is 2. The molecule has 10 rings (SSSR count). The molecule has 2 aromatic heterocycles. The third kappa shape index (κ3) is 6.65. The Kier molecular flexibility index (Phi) is 9.77. The third-order valence-corrected chi connectivity index (χ3v) is 12.3. The third-order valence-electron chi connectivity index (χ3n) is 12.3. The van der Waals surface area contributed by atoms with Crippen LogP contribution in [0.3, 0.4) is 0 Å². The molecule has 0 amide bonds. The highest BCUT2D eigenvalue weighted by Crippen LogP contribution is 2.39. The van der Waals surface area contributed by atoms with Crippen molar-refractivity contribution >= 4 is 76.3 Å². The van der Waals surface area contributed by atoms with Crippen molar-refractivity contribution in [3.8, 4) is 22.8 Å². The van der Waals surface area contributed by atoms with Crippen LogP contribution in [-0.4, -0.2) is 19.1 Å². The SMILES string of the molecule is CCC\C=C(/C=C\C(C)=C\C=C(/C)c1ccc(-c2nc3c4ccccc4c4ccccc4c3n2C)cc1)c1ccc(-c2nc3c4ccccc4c4ccccc4c3n2C)cc1. The van der Waals surface area contributed by atoms with Crippen LogP contribution in [0.5, 0.6) is 0 Å². The zero-order valence-electron chi connectivity index (χ0n) is 35.4. The molecule has 0 aliphatic carbocycles. The van der Waals surface area contributed by atoms with Crippen LogP contribution in [0.1, 0.15) is 44.7 Å². The van der Waals surface area contributed by atoms with Crippen LogP contribution in [0.2, 0.25) is 0 Å². The number of allylic oxidation sites excluding steroid dienone is 8. The Balaban J connectivity index is 0.893. The summed E-state index contributed by atoms with van der Waals surface area (Å²) >= 11 is 0. The van der Waals surface area contributed by atoms with Crippen molar-refractivity contribution in [2.24, 2.45) is 14.1 Å². The minimum Gasteiger partial charge on any atom is -0.327 e. The fraction of sp³-hybridized carbons (Fsp3) is 0.123. The molecule has 0 aliphatic rings. The Morgan fingerprint density at radius 2 is 0.885 bits per heavy atom. The van der Waals surface area contributed by atoms with Gasteiger partial charge in [-0.15, -0.1) is 0 Å². The van der Waals surface area contributed by atoms with Crippen molar-refractivity contribution in [1.82, 2.24) is 19.1 Å². The molecule has 2 heterocycles. The highest BCUT2D eigenvalue weighted by Gasteiger charge is 2.18. The second-order valence-corrected chi connectivity index (χ2v) is 16.3. The number of hydrogen-bond donors (Lipinski definition) is 0. The number of rotatable bonds is 9. The lowest BCUT2D eigenvalue weighted by molar-refractivity contribution is 0.960. The average molecular weight is 789 g/mol. The molecule has 0 bridgehead atoms. The molecule has 10 aromatic rings. The molecule has 4 heteroatoms. The fourth-order valence-corrected chi connectivity index (χ4v) is 9.11. The molecular formula is C57H48N4. The molecule has 0 fully saturated rings. The van der Waals surface area contributed by atoms with Gasteiger partial charge in [0.1, 0.15) is 11.6 Å². The van der Waals surface area contributed by atoms with E-state index in [0.29, 0.717) is 0 Å². The Hall–Kier alpha value is -7.30. The second-order valence-electron chi connectivity index (χ2n) is 16.3. The molecule has 0 unspecified atom stereocenters. The first-order valence-corrected chi connectivity index (χ1v) is 21.4. The van der Waals surface area contributed by atoms with Gasteiger partial charge in [-0.1, -0.05) is 195 Å². The van der Waals surface area contributed by atoms with Crippen molar-refractivity contribution in [1.29, 1.82) is 0 Å². The van der Waals surface area contributed by atoms with E-state index in [1.165, 1.54) is 82.0 Å². The standard InChI is InChI=1S/C57H48N4/c1-6-7-16-40(41-31-35-43(36-32-41)57-59-53-49-22-13-9-18-45(49)47-20-11-15-24-51(47)55(53)61(57)5)28-26-37(2)25-27-38(3)39-29-33-42(34-30-39)56-58-52-48-21-12-8-17-44(48)46-19-10-14-23-50(46)54(52)60(56)4/h8-36H,6-7H2,1-5H3/b28-26-,37-25+,38-27+,40-16+. The lowest BCUT2D eigenvalue weighted by Gasteiger charge is -2.09.